The molecule has 1 N–H and O–H groups in total. The number of thioether (sulfide) groups is 1. The second kappa shape index (κ2) is 8.74. The highest BCUT2D eigenvalue weighted by Crippen LogP contribution is 2.40. The summed E-state index contributed by atoms with van der Waals surface area (Å²) in [5, 5.41) is 21.8. The SMILES string of the molecule is CCc1ccccc1N=C1S/C(=C/c2ccc([N+](=O)[O-])cc2)C(O)=C1C(=O)OC. The number of carbonyl (C=O) groups excluding carboxylic acids is 1. The van der Waals surface area contributed by atoms with Gasteiger partial charge in [0.1, 0.15) is 16.4 Å². The van der Waals surface area contributed by atoms with Crippen molar-refractivity contribution in [3.63, 3.8) is 0 Å². The number of hydrogen-bond donors (Lipinski definition) is 1. The van der Waals surface area contributed by atoms with Gasteiger partial charge < -0.3 is 9.84 Å². The Balaban J connectivity index is 2.03. The minimum absolute atomic E-state index is 0.00318. The highest BCUT2D eigenvalue weighted by molar-refractivity contribution is 8.18. The summed E-state index contributed by atoms with van der Waals surface area (Å²) in [6.07, 6.45) is 2.41. The molecule has 0 atom stereocenters. The van der Waals surface area contributed by atoms with Gasteiger partial charge in [-0.2, -0.15) is 0 Å². The number of nitro benzene ring substituents is 1. The van der Waals surface area contributed by atoms with Gasteiger partial charge in [0.05, 0.1) is 22.6 Å². The van der Waals surface area contributed by atoms with Crippen molar-refractivity contribution in [3.05, 3.63) is 86.0 Å². The van der Waals surface area contributed by atoms with E-state index in [1.54, 1.807) is 18.2 Å². The maximum Gasteiger partial charge on any atom is 0.344 e. The fourth-order valence-electron chi connectivity index (χ4n) is 2.76. The first kappa shape index (κ1) is 20.3. The van der Waals surface area contributed by atoms with Crippen LogP contribution in [-0.2, 0) is 16.0 Å². The van der Waals surface area contributed by atoms with Crippen LogP contribution in [0.2, 0.25) is 0 Å². The Morgan fingerprint density at radius 3 is 2.55 bits per heavy atom. The molecule has 29 heavy (non-hydrogen) atoms. The minimum Gasteiger partial charge on any atom is -0.506 e. The van der Waals surface area contributed by atoms with Gasteiger partial charge in [-0.15, -0.1) is 0 Å². The summed E-state index contributed by atoms with van der Waals surface area (Å²) >= 11 is 1.14. The number of benzene rings is 2. The van der Waals surface area contributed by atoms with E-state index in [9.17, 15) is 20.0 Å². The zero-order valence-corrected chi connectivity index (χ0v) is 16.6. The molecule has 0 radical (unpaired) electrons. The molecule has 0 saturated carbocycles. The molecule has 2 aromatic rings. The summed E-state index contributed by atoms with van der Waals surface area (Å²) in [6.45, 7) is 2.01. The molecule has 0 bridgehead atoms. The van der Waals surface area contributed by atoms with Crippen LogP contribution in [0.15, 0.2) is 69.8 Å². The van der Waals surface area contributed by atoms with Crippen LogP contribution in [0.3, 0.4) is 0 Å². The molecule has 0 fully saturated rings. The van der Waals surface area contributed by atoms with Crippen molar-refractivity contribution in [3.8, 4) is 0 Å². The first-order valence-corrected chi connectivity index (χ1v) is 9.59. The molecule has 3 rings (SSSR count). The smallest absolute Gasteiger partial charge is 0.344 e. The summed E-state index contributed by atoms with van der Waals surface area (Å²) < 4.78 is 4.82. The van der Waals surface area contributed by atoms with Crippen molar-refractivity contribution in [2.75, 3.05) is 7.11 Å². The van der Waals surface area contributed by atoms with Crippen LogP contribution in [-0.4, -0.2) is 28.2 Å². The number of esters is 1. The number of ether oxygens (including phenoxy) is 1. The Bertz CT molecular complexity index is 1050. The van der Waals surface area contributed by atoms with Gasteiger partial charge in [-0.1, -0.05) is 36.9 Å². The maximum absolute atomic E-state index is 12.3. The topological polar surface area (TPSA) is 102 Å². The van der Waals surface area contributed by atoms with E-state index in [0.717, 1.165) is 23.7 Å². The zero-order valence-electron chi connectivity index (χ0n) is 15.8. The summed E-state index contributed by atoms with van der Waals surface area (Å²) in [7, 11) is 1.24. The Hall–Kier alpha value is -3.39. The van der Waals surface area contributed by atoms with Crippen molar-refractivity contribution in [1.82, 2.24) is 0 Å². The van der Waals surface area contributed by atoms with Gasteiger partial charge in [0.2, 0.25) is 0 Å². The molecule has 0 unspecified atom stereocenters. The summed E-state index contributed by atoms with van der Waals surface area (Å²) in [5.41, 5.74) is 2.33. The van der Waals surface area contributed by atoms with E-state index in [1.807, 2.05) is 31.2 Å². The van der Waals surface area contributed by atoms with Gasteiger partial charge in [-0.25, -0.2) is 9.79 Å². The molecule has 148 valence electrons. The molecule has 0 aliphatic carbocycles. The number of nitro groups is 1. The van der Waals surface area contributed by atoms with E-state index < -0.39 is 10.9 Å². The molecule has 2 aromatic carbocycles. The third kappa shape index (κ3) is 4.38. The predicted molar refractivity (Wildman–Crippen MR) is 113 cm³/mol. The number of aliphatic imine (C=N–C) groups is 1. The molecular formula is C21H18N2O5S. The number of non-ortho nitro benzene ring substituents is 1. The number of aliphatic hydroxyl groups excluding tert-OH is 1. The van der Waals surface area contributed by atoms with Crippen molar-refractivity contribution >= 4 is 40.2 Å². The van der Waals surface area contributed by atoms with Crippen LogP contribution in [0.5, 0.6) is 0 Å². The van der Waals surface area contributed by atoms with Gasteiger partial charge >= 0.3 is 5.97 Å². The molecular weight excluding hydrogens is 392 g/mol. The summed E-state index contributed by atoms with van der Waals surface area (Å²) in [5.74, 6) is -0.914. The van der Waals surface area contributed by atoms with Gasteiger partial charge in [0, 0.05) is 12.1 Å². The first-order valence-electron chi connectivity index (χ1n) is 8.77. The van der Waals surface area contributed by atoms with Gasteiger partial charge in [0.25, 0.3) is 5.69 Å². The average Bonchev–Trinajstić information content (AvgIpc) is 3.03. The molecule has 0 amide bonds. The van der Waals surface area contributed by atoms with Gasteiger partial charge in [0.15, 0.2) is 0 Å². The standard InChI is InChI=1S/C21H18N2O5S/c1-3-14-6-4-5-7-16(14)22-20-18(21(25)28-2)19(24)17(29-20)12-13-8-10-15(11-9-13)23(26)27/h4-12,24H,3H2,1-2H3/b17-12+,22-20?. The molecule has 7 nitrogen and oxygen atoms in total. The number of hydrogen-bond acceptors (Lipinski definition) is 7. The lowest BCUT2D eigenvalue weighted by Gasteiger charge is -2.05. The summed E-state index contributed by atoms with van der Waals surface area (Å²) in [6, 6.07) is 13.5. The Labute approximate surface area is 171 Å². The molecule has 8 heteroatoms. The third-order valence-electron chi connectivity index (χ3n) is 4.28. The van der Waals surface area contributed by atoms with E-state index in [-0.39, 0.29) is 17.0 Å². The van der Waals surface area contributed by atoms with Crippen molar-refractivity contribution in [1.29, 1.82) is 0 Å². The fraction of sp³-hybridized carbons (Fsp3) is 0.143. The van der Waals surface area contributed by atoms with Gasteiger partial charge in [-0.05, 0) is 41.8 Å². The van der Waals surface area contributed by atoms with Crippen LogP contribution >= 0.6 is 11.8 Å². The van der Waals surface area contributed by atoms with Crippen molar-refractivity contribution in [2.45, 2.75) is 13.3 Å². The Morgan fingerprint density at radius 2 is 1.93 bits per heavy atom. The molecule has 0 spiro atoms. The lowest BCUT2D eigenvalue weighted by molar-refractivity contribution is -0.384. The average molecular weight is 410 g/mol. The van der Waals surface area contributed by atoms with Gasteiger partial charge in [-0.3, -0.25) is 10.1 Å². The van der Waals surface area contributed by atoms with Crippen molar-refractivity contribution in [2.24, 2.45) is 4.99 Å². The highest BCUT2D eigenvalue weighted by atomic mass is 32.2. The number of carbonyl (C=O) groups is 1. The number of aliphatic hydroxyl groups is 1. The second-order valence-corrected chi connectivity index (χ2v) is 7.10. The number of methoxy groups -OCH3 is 1. The van der Waals surface area contributed by atoms with E-state index >= 15 is 0 Å². The normalized spacial score (nSPS) is 16.5. The number of aryl methyl sites for hydroxylation is 1. The molecule has 0 saturated heterocycles. The number of para-hydroxylation sites is 1. The van der Waals surface area contributed by atoms with Crippen molar-refractivity contribution < 1.29 is 19.6 Å². The number of nitrogens with zero attached hydrogens (tertiary/aromatic N) is 2. The highest BCUT2D eigenvalue weighted by Gasteiger charge is 2.33. The van der Waals surface area contributed by atoms with Crippen LogP contribution in [0, 0.1) is 10.1 Å². The molecule has 1 aliphatic heterocycles. The first-order chi connectivity index (χ1) is 13.9. The van der Waals surface area contributed by atoms with Crippen LogP contribution in [0.25, 0.3) is 6.08 Å². The molecule has 1 heterocycles. The van der Waals surface area contributed by atoms with E-state index in [0.29, 0.717) is 21.2 Å². The Morgan fingerprint density at radius 1 is 1.24 bits per heavy atom. The summed E-state index contributed by atoms with van der Waals surface area (Å²) in [4.78, 5) is 27.6. The monoisotopic (exact) mass is 410 g/mol. The van der Waals surface area contributed by atoms with E-state index in [1.165, 1.54) is 19.2 Å². The van der Waals surface area contributed by atoms with Crippen LogP contribution < -0.4 is 0 Å². The van der Waals surface area contributed by atoms with Crippen LogP contribution in [0.4, 0.5) is 11.4 Å². The quantitative estimate of drug-likeness (QED) is 0.425. The largest absolute Gasteiger partial charge is 0.506 e. The van der Waals surface area contributed by atoms with E-state index in [4.69, 9.17) is 4.74 Å². The zero-order chi connectivity index (χ0) is 21.0. The van der Waals surface area contributed by atoms with E-state index in [2.05, 4.69) is 4.99 Å². The maximum atomic E-state index is 12.3. The predicted octanol–water partition coefficient (Wildman–Crippen LogP) is 4.96. The number of rotatable bonds is 5. The molecule has 1 aliphatic rings. The Kier molecular flexibility index (Phi) is 6.13. The third-order valence-corrected chi connectivity index (χ3v) is 5.30. The van der Waals surface area contributed by atoms with Crippen LogP contribution in [0.1, 0.15) is 18.1 Å². The lowest BCUT2D eigenvalue weighted by atomic mass is 10.1. The lowest BCUT2D eigenvalue weighted by Crippen LogP contribution is -2.10. The molecule has 0 aromatic heterocycles. The fourth-order valence-corrected chi connectivity index (χ4v) is 3.79. The second-order valence-electron chi connectivity index (χ2n) is 6.07. The minimum atomic E-state index is -0.685.